The van der Waals surface area contributed by atoms with Gasteiger partial charge in [0, 0.05) is 6.54 Å². The van der Waals surface area contributed by atoms with Gasteiger partial charge in [-0.2, -0.15) is 0 Å². The van der Waals surface area contributed by atoms with Gasteiger partial charge in [-0.15, -0.1) is 0 Å². The number of ether oxygens (including phenoxy) is 1. The first-order chi connectivity index (χ1) is 9.06. The molecule has 1 amide bonds. The van der Waals surface area contributed by atoms with Crippen LogP contribution < -0.4 is 15.8 Å². The van der Waals surface area contributed by atoms with E-state index in [4.69, 9.17) is 10.5 Å². The highest BCUT2D eigenvalue weighted by molar-refractivity contribution is 5.81. The molecule has 0 fully saturated rings. The Balaban J connectivity index is 2.47. The van der Waals surface area contributed by atoms with Crippen LogP contribution in [0.1, 0.15) is 26.3 Å². The van der Waals surface area contributed by atoms with Crippen molar-refractivity contribution in [1.82, 2.24) is 5.32 Å². The summed E-state index contributed by atoms with van der Waals surface area (Å²) in [6.07, 6.45) is 0.743. The zero-order valence-corrected chi connectivity index (χ0v) is 12.0. The number of nitrogens with two attached hydrogens (primary N) is 1. The smallest absolute Gasteiger partial charge is 0.237 e. The van der Waals surface area contributed by atoms with E-state index >= 15 is 0 Å². The van der Waals surface area contributed by atoms with Gasteiger partial charge in [0.1, 0.15) is 5.75 Å². The number of nitrogens with one attached hydrogen (secondary N) is 1. The van der Waals surface area contributed by atoms with Crippen LogP contribution >= 0.6 is 0 Å². The van der Waals surface area contributed by atoms with Crippen LogP contribution in [0.3, 0.4) is 0 Å². The molecular weight excluding hydrogens is 240 g/mol. The summed E-state index contributed by atoms with van der Waals surface area (Å²) >= 11 is 0. The van der Waals surface area contributed by atoms with Gasteiger partial charge < -0.3 is 15.8 Å². The first-order valence-electron chi connectivity index (χ1n) is 6.80. The Morgan fingerprint density at radius 3 is 2.68 bits per heavy atom. The van der Waals surface area contributed by atoms with E-state index in [-0.39, 0.29) is 11.8 Å². The van der Waals surface area contributed by atoms with Crippen LogP contribution in [0.5, 0.6) is 5.75 Å². The number of carbonyl (C=O) groups is 1. The molecule has 19 heavy (non-hydrogen) atoms. The highest BCUT2D eigenvalue weighted by atomic mass is 16.5. The summed E-state index contributed by atoms with van der Waals surface area (Å²) in [5, 5.41) is 2.86. The van der Waals surface area contributed by atoms with Crippen LogP contribution in [0.4, 0.5) is 0 Å². The zero-order valence-electron chi connectivity index (χ0n) is 12.0. The Kier molecular flexibility index (Phi) is 6.36. The van der Waals surface area contributed by atoms with Crippen LogP contribution in [0.2, 0.25) is 0 Å². The fourth-order valence-electron chi connectivity index (χ4n) is 1.75. The third kappa shape index (κ3) is 4.91. The Morgan fingerprint density at radius 2 is 2.05 bits per heavy atom. The first-order valence-corrected chi connectivity index (χ1v) is 6.80. The van der Waals surface area contributed by atoms with Crippen LogP contribution in [0, 0.1) is 5.92 Å². The predicted molar refractivity (Wildman–Crippen MR) is 77.1 cm³/mol. The fraction of sp³-hybridized carbons (Fsp3) is 0.533. The second kappa shape index (κ2) is 7.79. The average Bonchev–Trinajstić information content (AvgIpc) is 2.39. The lowest BCUT2D eigenvalue weighted by Gasteiger charge is -2.16. The molecule has 0 spiro atoms. The number of amides is 1. The standard InChI is InChI=1S/C15H24N2O2/c1-4-19-13-8-6-5-7-12(13)9-10-17-15(18)14(16)11(2)3/h5-8,11,14H,4,9-10,16H2,1-3H3,(H,17,18)/t14-/m0/s1. The zero-order chi connectivity index (χ0) is 14.3. The topological polar surface area (TPSA) is 64.3 Å². The number of rotatable bonds is 7. The molecule has 0 aliphatic heterocycles. The SMILES string of the molecule is CCOc1ccccc1CCNC(=O)[C@@H](N)C(C)C. The quantitative estimate of drug-likeness (QED) is 0.788. The molecule has 106 valence electrons. The maximum absolute atomic E-state index is 11.7. The second-order valence-corrected chi connectivity index (χ2v) is 4.85. The number of benzene rings is 1. The molecule has 4 nitrogen and oxygen atoms in total. The van der Waals surface area contributed by atoms with Crippen molar-refractivity contribution in [3.05, 3.63) is 29.8 Å². The largest absolute Gasteiger partial charge is 0.494 e. The maximum Gasteiger partial charge on any atom is 0.237 e. The van der Waals surface area contributed by atoms with Gasteiger partial charge >= 0.3 is 0 Å². The highest BCUT2D eigenvalue weighted by Crippen LogP contribution is 2.17. The minimum Gasteiger partial charge on any atom is -0.494 e. The van der Waals surface area contributed by atoms with Gasteiger partial charge in [-0.3, -0.25) is 4.79 Å². The third-order valence-electron chi connectivity index (χ3n) is 2.99. The van der Waals surface area contributed by atoms with E-state index in [1.54, 1.807) is 0 Å². The molecule has 1 rings (SSSR count). The van der Waals surface area contributed by atoms with E-state index in [2.05, 4.69) is 5.32 Å². The van der Waals surface area contributed by atoms with Gasteiger partial charge in [0.2, 0.25) is 5.91 Å². The van der Waals surface area contributed by atoms with Crippen molar-refractivity contribution in [1.29, 1.82) is 0 Å². The molecule has 0 aliphatic carbocycles. The molecule has 0 heterocycles. The normalized spacial score (nSPS) is 12.3. The first kappa shape index (κ1) is 15.5. The van der Waals surface area contributed by atoms with Crippen molar-refractivity contribution < 1.29 is 9.53 Å². The van der Waals surface area contributed by atoms with Crippen molar-refractivity contribution >= 4 is 5.91 Å². The molecule has 0 saturated carbocycles. The van der Waals surface area contributed by atoms with E-state index in [1.165, 1.54) is 0 Å². The Hall–Kier alpha value is -1.55. The lowest BCUT2D eigenvalue weighted by molar-refractivity contribution is -0.123. The average molecular weight is 264 g/mol. The van der Waals surface area contributed by atoms with E-state index in [0.29, 0.717) is 13.2 Å². The van der Waals surface area contributed by atoms with E-state index in [0.717, 1.165) is 17.7 Å². The summed E-state index contributed by atoms with van der Waals surface area (Å²) in [6.45, 7) is 7.05. The molecule has 1 aromatic carbocycles. The summed E-state index contributed by atoms with van der Waals surface area (Å²) < 4.78 is 5.54. The van der Waals surface area contributed by atoms with Crippen LogP contribution in [-0.2, 0) is 11.2 Å². The Bertz CT molecular complexity index is 405. The summed E-state index contributed by atoms with van der Waals surface area (Å²) in [5.41, 5.74) is 6.88. The van der Waals surface area contributed by atoms with Gasteiger partial charge in [-0.05, 0) is 30.9 Å². The molecule has 1 atom stereocenters. The minimum atomic E-state index is -0.442. The summed E-state index contributed by atoms with van der Waals surface area (Å²) in [5.74, 6) is 0.937. The van der Waals surface area contributed by atoms with Crippen LogP contribution in [0.15, 0.2) is 24.3 Å². The van der Waals surface area contributed by atoms with Crippen LogP contribution in [0.25, 0.3) is 0 Å². The molecule has 0 unspecified atom stereocenters. The number of para-hydroxylation sites is 1. The van der Waals surface area contributed by atoms with E-state index < -0.39 is 6.04 Å². The minimum absolute atomic E-state index is 0.0936. The molecule has 0 saturated heterocycles. The highest BCUT2D eigenvalue weighted by Gasteiger charge is 2.16. The van der Waals surface area contributed by atoms with Gasteiger partial charge in [0.05, 0.1) is 12.6 Å². The Morgan fingerprint density at radius 1 is 1.37 bits per heavy atom. The molecule has 0 bridgehead atoms. The van der Waals surface area contributed by atoms with E-state index in [9.17, 15) is 4.79 Å². The van der Waals surface area contributed by atoms with Gasteiger partial charge in [-0.25, -0.2) is 0 Å². The summed E-state index contributed by atoms with van der Waals surface area (Å²) in [4.78, 5) is 11.7. The summed E-state index contributed by atoms with van der Waals surface area (Å²) in [7, 11) is 0. The number of hydrogen-bond donors (Lipinski definition) is 2. The molecule has 0 aromatic heterocycles. The molecular formula is C15H24N2O2. The predicted octanol–water partition coefficient (Wildman–Crippen LogP) is 1.73. The molecule has 3 N–H and O–H groups in total. The van der Waals surface area contributed by atoms with Crippen molar-refractivity contribution in [2.45, 2.75) is 33.2 Å². The van der Waals surface area contributed by atoms with Gasteiger partial charge in [0.25, 0.3) is 0 Å². The van der Waals surface area contributed by atoms with Crippen molar-refractivity contribution in [3.8, 4) is 5.75 Å². The molecule has 1 aromatic rings. The molecule has 0 radical (unpaired) electrons. The van der Waals surface area contributed by atoms with Gasteiger partial charge in [0.15, 0.2) is 0 Å². The van der Waals surface area contributed by atoms with Gasteiger partial charge in [-0.1, -0.05) is 32.0 Å². The monoisotopic (exact) mass is 264 g/mol. The number of hydrogen-bond acceptors (Lipinski definition) is 3. The lowest BCUT2D eigenvalue weighted by atomic mass is 10.0. The Labute approximate surface area is 115 Å². The van der Waals surface area contributed by atoms with Crippen molar-refractivity contribution in [3.63, 3.8) is 0 Å². The number of carbonyl (C=O) groups excluding carboxylic acids is 1. The van der Waals surface area contributed by atoms with Crippen molar-refractivity contribution in [2.75, 3.05) is 13.2 Å². The van der Waals surface area contributed by atoms with Crippen molar-refractivity contribution in [2.24, 2.45) is 11.7 Å². The lowest BCUT2D eigenvalue weighted by Crippen LogP contribution is -2.44. The fourth-order valence-corrected chi connectivity index (χ4v) is 1.75. The van der Waals surface area contributed by atoms with E-state index in [1.807, 2.05) is 45.0 Å². The molecule has 0 aliphatic rings. The van der Waals surface area contributed by atoms with Crippen LogP contribution in [-0.4, -0.2) is 25.1 Å². The summed E-state index contributed by atoms with van der Waals surface area (Å²) in [6, 6.07) is 7.43. The molecule has 4 heteroatoms. The third-order valence-corrected chi connectivity index (χ3v) is 2.99. The maximum atomic E-state index is 11.7. The second-order valence-electron chi connectivity index (χ2n) is 4.85.